The topological polar surface area (TPSA) is 30.7 Å². The van der Waals surface area contributed by atoms with Crippen molar-refractivity contribution in [3.8, 4) is 39.5 Å². The first-order valence-corrected chi connectivity index (χ1v) is 20.0. The average molecular weight is 730 g/mol. The molecule has 3 aliphatic rings. The van der Waals surface area contributed by atoms with Gasteiger partial charge in [-0.2, -0.15) is 0 Å². The smallest absolute Gasteiger partial charge is 0.160 e. The molecule has 3 heteroatoms. The summed E-state index contributed by atoms with van der Waals surface area (Å²) in [6.07, 6.45) is 19.2. The molecular formula is C54H39N3. The van der Waals surface area contributed by atoms with E-state index in [2.05, 4.69) is 174 Å². The lowest BCUT2D eigenvalue weighted by molar-refractivity contribution is 0.794. The van der Waals surface area contributed by atoms with Gasteiger partial charge in [-0.15, -0.1) is 0 Å². The SMILES string of the molecule is C1=Cc2c(n(-c3ccc4cc(-c5cccc(C6=CC=C7C=C(c8cc(-c9ccccc9)nc(-c9ccccc9)n8)C=CC7C6)c5)ccc4c3)c3ccccc23)CC1. The van der Waals surface area contributed by atoms with E-state index in [1.807, 2.05) is 24.3 Å². The standard InChI is InChI=1S/C54H39N3/c1-3-12-36(13-4-1)50-35-51(56-54(55-50)37-14-5-2-6-15-37)46-27-26-42-31-40(22-23-43(42)33-46)38-16-11-17-39(30-38)41-24-25-45-34-47(29-28-44(45)32-41)57-52-20-9-7-18-48(52)49-19-8-10-21-53(49)57/h1-9,11-20,22-30,32-35,42H,10,21,31H2. The summed E-state index contributed by atoms with van der Waals surface area (Å²) in [6, 6.07) is 54.4. The summed E-state index contributed by atoms with van der Waals surface area (Å²) < 4.78 is 2.47. The molecule has 1 unspecified atom stereocenters. The Balaban J connectivity index is 0.885. The quantitative estimate of drug-likeness (QED) is 0.171. The molecule has 57 heavy (non-hydrogen) atoms. The Labute approximate surface area is 333 Å². The second-order valence-electron chi connectivity index (χ2n) is 15.3. The number of para-hydroxylation sites is 1. The molecule has 0 fully saturated rings. The van der Waals surface area contributed by atoms with Gasteiger partial charge in [0.15, 0.2) is 5.82 Å². The molecule has 6 aromatic carbocycles. The zero-order valence-electron chi connectivity index (χ0n) is 31.5. The second-order valence-corrected chi connectivity index (χ2v) is 15.3. The van der Waals surface area contributed by atoms with Gasteiger partial charge >= 0.3 is 0 Å². The lowest BCUT2D eigenvalue weighted by Gasteiger charge is -2.25. The van der Waals surface area contributed by atoms with Crippen molar-refractivity contribution in [3.63, 3.8) is 0 Å². The normalized spacial score (nSPS) is 15.9. The summed E-state index contributed by atoms with van der Waals surface area (Å²) in [6.45, 7) is 0. The summed E-state index contributed by atoms with van der Waals surface area (Å²) in [5.74, 6) is 1.05. The Hall–Kier alpha value is -7.10. The third-order valence-corrected chi connectivity index (χ3v) is 11.8. The van der Waals surface area contributed by atoms with E-state index in [0.717, 1.165) is 53.2 Å². The number of hydrogen-bond donors (Lipinski definition) is 0. The van der Waals surface area contributed by atoms with Crippen LogP contribution in [0.25, 0.3) is 78.4 Å². The number of hydrogen-bond acceptors (Lipinski definition) is 2. The van der Waals surface area contributed by atoms with Gasteiger partial charge in [-0.25, -0.2) is 9.97 Å². The van der Waals surface area contributed by atoms with Crippen LogP contribution in [0.2, 0.25) is 0 Å². The van der Waals surface area contributed by atoms with Crippen molar-refractivity contribution < 1.29 is 0 Å². The van der Waals surface area contributed by atoms with Crippen LogP contribution in [-0.4, -0.2) is 14.5 Å². The van der Waals surface area contributed by atoms with Crippen molar-refractivity contribution in [2.75, 3.05) is 0 Å². The van der Waals surface area contributed by atoms with E-state index in [1.165, 1.54) is 66.5 Å². The molecule has 0 bridgehead atoms. The van der Waals surface area contributed by atoms with Gasteiger partial charge in [0.25, 0.3) is 0 Å². The van der Waals surface area contributed by atoms with Gasteiger partial charge in [0.1, 0.15) is 0 Å². The van der Waals surface area contributed by atoms with Crippen molar-refractivity contribution in [2.45, 2.75) is 19.3 Å². The van der Waals surface area contributed by atoms with Gasteiger partial charge in [-0.05, 0) is 100 Å². The van der Waals surface area contributed by atoms with E-state index < -0.39 is 0 Å². The zero-order chi connectivity index (χ0) is 37.7. The predicted octanol–water partition coefficient (Wildman–Crippen LogP) is 13.5. The molecule has 2 aromatic heterocycles. The third-order valence-electron chi connectivity index (χ3n) is 11.8. The monoisotopic (exact) mass is 729 g/mol. The van der Waals surface area contributed by atoms with E-state index in [0.29, 0.717) is 5.92 Å². The van der Waals surface area contributed by atoms with Gasteiger partial charge in [0.2, 0.25) is 0 Å². The first-order chi connectivity index (χ1) is 28.2. The van der Waals surface area contributed by atoms with Crippen molar-refractivity contribution in [1.82, 2.24) is 14.5 Å². The maximum atomic E-state index is 5.08. The molecule has 0 N–H and O–H groups in total. The van der Waals surface area contributed by atoms with Gasteiger partial charge in [0.05, 0.1) is 16.9 Å². The molecule has 0 saturated heterocycles. The van der Waals surface area contributed by atoms with Crippen LogP contribution in [0.1, 0.15) is 35.4 Å². The molecule has 0 aliphatic heterocycles. The third kappa shape index (κ3) is 6.09. The molecular weight excluding hydrogens is 691 g/mol. The minimum absolute atomic E-state index is 0.315. The number of allylic oxidation sites excluding steroid dienone is 9. The van der Waals surface area contributed by atoms with E-state index in [9.17, 15) is 0 Å². The highest BCUT2D eigenvalue weighted by molar-refractivity contribution is 5.95. The lowest BCUT2D eigenvalue weighted by Crippen LogP contribution is -2.09. The van der Waals surface area contributed by atoms with E-state index >= 15 is 0 Å². The highest BCUT2D eigenvalue weighted by Gasteiger charge is 2.22. The molecule has 270 valence electrons. The fraction of sp³-hybridized carbons (Fsp3) is 0.0741. The van der Waals surface area contributed by atoms with Crippen LogP contribution in [0.5, 0.6) is 0 Å². The van der Waals surface area contributed by atoms with Crippen LogP contribution in [0.15, 0.2) is 194 Å². The summed E-state index contributed by atoms with van der Waals surface area (Å²) in [5, 5.41) is 3.84. The highest BCUT2D eigenvalue weighted by Crippen LogP contribution is 2.40. The Morgan fingerprint density at radius 3 is 2.19 bits per heavy atom. The van der Waals surface area contributed by atoms with Crippen molar-refractivity contribution in [1.29, 1.82) is 0 Å². The van der Waals surface area contributed by atoms with E-state index in [-0.39, 0.29) is 0 Å². The molecule has 0 spiro atoms. The minimum Gasteiger partial charge on any atom is -0.313 e. The molecule has 8 aromatic rings. The second kappa shape index (κ2) is 13.9. The molecule has 1 atom stereocenters. The first-order valence-electron chi connectivity index (χ1n) is 20.0. The fourth-order valence-corrected chi connectivity index (χ4v) is 8.88. The maximum absolute atomic E-state index is 5.08. The van der Waals surface area contributed by atoms with Crippen LogP contribution >= 0.6 is 0 Å². The fourth-order valence-electron chi connectivity index (χ4n) is 8.88. The van der Waals surface area contributed by atoms with Crippen LogP contribution in [0, 0.1) is 5.92 Å². The maximum Gasteiger partial charge on any atom is 0.160 e. The average Bonchev–Trinajstić information content (AvgIpc) is 3.63. The number of benzene rings is 6. The van der Waals surface area contributed by atoms with Crippen LogP contribution < -0.4 is 0 Å². The zero-order valence-corrected chi connectivity index (χ0v) is 31.5. The van der Waals surface area contributed by atoms with Gasteiger partial charge in [-0.3, -0.25) is 0 Å². The first kappa shape index (κ1) is 33.3. The highest BCUT2D eigenvalue weighted by atomic mass is 15.0. The summed E-state index contributed by atoms with van der Waals surface area (Å²) >= 11 is 0. The van der Waals surface area contributed by atoms with Crippen molar-refractivity contribution >= 4 is 38.9 Å². The minimum atomic E-state index is 0.315. The molecule has 0 saturated carbocycles. The molecule has 3 nitrogen and oxygen atoms in total. The molecule has 2 heterocycles. The Morgan fingerprint density at radius 2 is 1.30 bits per heavy atom. The number of fused-ring (bicyclic) bond motifs is 5. The Kier molecular flexibility index (Phi) is 8.10. The number of rotatable bonds is 6. The summed E-state index contributed by atoms with van der Waals surface area (Å²) in [4.78, 5) is 10.1. The number of nitrogens with zero attached hydrogens (tertiary/aromatic N) is 3. The van der Waals surface area contributed by atoms with Gasteiger partial charge < -0.3 is 4.57 Å². The van der Waals surface area contributed by atoms with Crippen LogP contribution in [-0.2, 0) is 6.42 Å². The Morgan fingerprint density at radius 1 is 0.561 bits per heavy atom. The molecule has 0 radical (unpaired) electrons. The largest absolute Gasteiger partial charge is 0.313 e. The van der Waals surface area contributed by atoms with Gasteiger partial charge in [-0.1, -0.05) is 152 Å². The molecule has 0 amide bonds. The number of aromatic nitrogens is 3. The Bertz CT molecular complexity index is 2970. The summed E-state index contributed by atoms with van der Waals surface area (Å²) in [7, 11) is 0. The predicted molar refractivity (Wildman–Crippen MR) is 238 cm³/mol. The molecule has 11 rings (SSSR count). The van der Waals surface area contributed by atoms with E-state index in [1.54, 1.807) is 0 Å². The van der Waals surface area contributed by atoms with Crippen LogP contribution in [0.3, 0.4) is 0 Å². The lowest BCUT2D eigenvalue weighted by atomic mass is 9.80. The van der Waals surface area contributed by atoms with Gasteiger partial charge in [0, 0.05) is 44.9 Å². The van der Waals surface area contributed by atoms with Crippen LogP contribution in [0.4, 0.5) is 0 Å². The molecule has 3 aliphatic carbocycles. The van der Waals surface area contributed by atoms with Crippen molar-refractivity contribution in [2.24, 2.45) is 5.92 Å². The van der Waals surface area contributed by atoms with E-state index in [4.69, 9.17) is 9.97 Å². The van der Waals surface area contributed by atoms with Crippen molar-refractivity contribution in [3.05, 3.63) is 216 Å². The summed E-state index contributed by atoms with van der Waals surface area (Å²) in [5.41, 5.74) is 16.8.